The van der Waals surface area contributed by atoms with E-state index in [1.807, 2.05) is 64.9 Å². The maximum atomic E-state index is 12.7. The normalized spacial score (nSPS) is 11.8. The average molecular weight is 661 g/mol. The van der Waals surface area contributed by atoms with Gasteiger partial charge in [0.15, 0.2) is 11.5 Å². The first-order valence-corrected chi connectivity index (χ1v) is 15.5. The number of nitrogens with zero attached hydrogens (tertiary/aromatic N) is 7. The molecule has 0 fully saturated rings. The highest BCUT2D eigenvalue weighted by Crippen LogP contribution is 2.31. The van der Waals surface area contributed by atoms with E-state index in [0.717, 1.165) is 11.1 Å². The summed E-state index contributed by atoms with van der Waals surface area (Å²) in [4.78, 5) is 50.4. The zero-order valence-corrected chi connectivity index (χ0v) is 29.2. The van der Waals surface area contributed by atoms with Crippen molar-refractivity contribution in [1.82, 2.24) is 34.5 Å². The van der Waals surface area contributed by atoms with E-state index in [4.69, 9.17) is 18.9 Å². The standard InChI is InChI=1S/C34H44N8O6/c1-21-17-22(19-41(10)32(45)48-34(5,6)7)11-13-24(21)29-38-39-30(46-29)27-28(37-31(44)47-33(2,3)4)35-18-25(36-27)23-12-14-26(43)42(20-23)16-15-40(8)9/h11-14,17-18,20H,15-16,19H2,1-10H3,(H,35,37,44). The third-order valence-electron chi connectivity index (χ3n) is 6.73. The molecule has 1 N–H and O–H groups in total. The zero-order valence-electron chi connectivity index (χ0n) is 29.2. The van der Waals surface area contributed by atoms with Crippen molar-refractivity contribution in [2.75, 3.05) is 33.0 Å². The summed E-state index contributed by atoms with van der Waals surface area (Å²) in [6, 6.07) is 8.77. The quantitative estimate of drug-likeness (QED) is 0.238. The summed E-state index contributed by atoms with van der Waals surface area (Å²) >= 11 is 0. The molecule has 48 heavy (non-hydrogen) atoms. The summed E-state index contributed by atoms with van der Waals surface area (Å²) in [5.41, 5.74) is 2.10. The molecule has 0 spiro atoms. The second-order valence-corrected chi connectivity index (χ2v) is 13.7. The Balaban J connectivity index is 1.67. The summed E-state index contributed by atoms with van der Waals surface area (Å²) in [6.07, 6.45) is 2.05. The number of amides is 2. The fraction of sp³-hybridized carbons (Fsp3) is 0.441. The Morgan fingerprint density at radius 2 is 1.65 bits per heavy atom. The van der Waals surface area contributed by atoms with E-state index in [9.17, 15) is 14.4 Å². The van der Waals surface area contributed by atoms with E-state index in [1.165, 1.54) is 17.2 Å². The molecule has 3 aromatic heterocycles. The van der Waals surface area contributed by atoms with Crippen molar-refractivity contribution < 1.29 is 23.5 Å². The van der Waals surface area contributed by atoms with Crippen LogP contribution in [0.2, 0.25) is 0 Å². The molecule has 0 aliphatic carbocycles. The van der Waals surface area contributed by atoms with Gasteiger partial charge in [0.05, 0.1) is 11.9 Å². The van der Waals surface area contributed by atoms with Crippen LogP contribution in [0.15, 0.2) is 51.9 Å². The van der Waals surface area contributed by atoms with Gasteiger partial charge in [0.25, 0.3) is 11.4 Å². The smallest absolute Gasteiger partial charge is 0.413 e. The number of pyridine rings is 1. The molecule has 4 rings (SSSR count). The van der Waals surface area contributed by atoms with E-state index in [-0.39, 0.29) is 28.9 Å². The molecule has 0 saturated carbocycles. The first-order valence-electron chi connectivity index (χ1n) is 15.5. The van der Waals surface area contributed by atoms with Gasteiger partial charge < -0.3 is 28.3 Å². The number of carbonyl (C=O) groups is 2. The lowest BCUT2D eigenvalue weighted by Gasteiger charge is -2.24. The number of carbonyl (C=O) groups excluding carboxylic acids is 2. The molecule has 0 unspecified atom stereocenters. The monoisotopic (exact) mass is 660 g/mol. The van der Waals surface area contributed by atoms with Crippen molar-refractivity contribution in [3.8, 4) is 34.3 Å². The van der Waals surface area contributed by atoms with Crippen LogP contribution in [0.5, 0.6) is 0 Å². The maximum absolute atomic E-state index is 12.7. The van der Waals surface area contributed by atoms with Gasteiger partial charge in [0.1, 0.15) is 11.2 Å². The second kappa shape index (κ2) is 14.3. The van der Waals surface area contributed by atoms with Gasteiger partial charge in [0.2, 0.25) is 5.89 Å². The summed E-state index contributed by atoms with van der Waals surface area (Å²) in [5.74, 6) is 0.294. The Morgan fingerprint density at radius 1 is 0.958 bits per heavy atom. The highest BCUT2D eigenvalue weighted by atomic mass is 16.6. The van der Waals surface area contributed by atoms with E-state index in [1.54, 1.807) is 44.6 Å². The fourth-order valence-electron chi connectivity index (χ4n) is 4.50. The molecule has 0 aliphatic heterocycles. The maximum Gasteiger partial charge on any atom is 0.413 e. The number of likely N-dealkylation sites (N-methyl/N-ethyl adjacent to an activating group) is 1. The van der Waals surface area contributed by atoms with Crippen LogP contribution in [0.1, 0.15) is 52.7 Å². The van der Waals surface area contributed by atoms with Crippen LogP contribution in [-0.4, -0.2) is 85.6 Å². The van der Waals surface area contributed by atoms with Gasteiger partial charge in [-0.1, -0.05) is 12.1 Å². The first kappa shape index (κ1) is 35.7. The lowest BCUT2D eigenvalue weighted by Crippen LogP contribution is -2.33. The van der Waals surface area contributed by atoms with Crippen molar-refractivity contribution in [3.05, 3.63) is 64.2 Å². The van der Waals surface area contributed by atoms with Crippen molar-refractivity contribution >= 4 is 18.0 Å². The molecule has 2 amide bonds. The fourth-order valence-corrected chi connectivity index (χ4v) is 4.50. The summed E-state index contributed by atoms with van der Waals surface area (Å²) in [5, 5.41) is 11.2. The van der Waals surface area contributed by atoms with Gasteiger partial charge in [-0.3, -0.25) is 10.1 Å². The molecular weight excluding hydrogens is 616 g/mol. The van der Waals surface area contributed by atoms with Crippen molar-refractivity contribution in [3.63, 3.8) is 0 Å². The van der Waals surface area contributed by atoms with Crippen LogP contribution in [0.25, 0.3) is 34.3 Å². The predicted molar refractivity (Wildman–Crippen MR) is 181 cm³/mol. The number of aromatic nitrogens is 5. The van der Waals surface area contributed by atoms with Gasteiger partial charge in [-0.05, 0) is 85.8 Å². The Morgan fingerprint density at radius 3 is 2.29 bits per heavy atom. The molecule has 256 valence electrons. The minimum absolute atomic E-state index is 0.0134. The van der Waals surface area contributed by atoms with Crippen LogP contribution in [0.4, 0.5) is 15.4 Å². The molecule has 0 aliphatic rings. The van der Waals surface area contributed by atoms with Gasteiger partial charge in [0, 0.05) is 50.1 Å². The van der Waals surface area contributed by atoms with Gasteiger partial charge >= 0.3 is 12.2 Å². The van der Waals surface area contributed by atoms with Crippen LogP contribution in [0, 0.1) is 6.92 Å². The number of hydrogen-bond donors (Lipinski definition) is 1. The number of ether oxygens (including phenoxy) is 2. The number of rotatable bonds is 9. The minimum Gasteiger partial charge on any atom is -0.444 e. The molecule has 4 aromatic rings. The largest absolute Gasteiger partial charge is 0.444 e. The molecule has 14 nitrogen and oxygen atoms in total. The first-order chi connectivity index (χ1) is 22.4. The Kier molecular flexibility index (Phi) is 10.7. The second-order valence-electron chi connectivity index (χ2n) is 13.7. The Labute approximate surface area is 280 Å². The van der Waals surface area contributed by atoms with Crippen molar-refractivity contribution in [1.29, 1.82) is 0 Å². The highest BCUT2D eigenvalue weighted by molar-refractivity contribution is 5.88. The van der Waals surface area contributed by atoms with Crippen LogP contribution in [0.3, 0.4) is 0 Å². The van der Waals surface area contributed by atoms with Gasteiger partial charge in [-0.2, -0.15) is 0 Å². The van der Waals surface area contributed by atoms with E-state index in [2.05, 4.69) is 20.5 Å². The van der Waals surface area contributed by atoms with Crippen molar-refractivity contribution in [2.45, 2.75) is 72.8 Å². The van der Waals surface area contributed by atoms with Crippen LogP contribution >= 0.6 is 0 Å². The lowest BCUT2D eigenvalue weighted by molar-refractivity contribution is 0.0284. The number of aryl methyl sites for hydroxylation is 1. The molecule has 0 radical (unpaired) electrons. The molecule has 3 heterocycles. The molecule has 1 aromatic carbocycles. The minimum atomic E-state index is -0.749. The lowest BCUT2D eigenvalue weighted by atomic mass is 10.0. The number of hydrogen-bond acceptors (Lipinski definition) is 11. The van der Waals surface area contributed by atoms with E-state index >= 15 is 0 Å². The zero-order chi connectivity index (χ0) is 35.4. The summed E-state index contributed by atoms with van der Waals surface area (Å²) < 4.78 is 18.6. The van der Waals surface area contributed by atoms with E-state index in [0.29, 0.717) is 36.5 Å². The number of nitrogens with one attached hydrogen (secondary N) is 1. The Hall–Kier alpha value is -5.11. The Bertz CT molecular complexity index is 1830. The molecular formula is C34H44N8O6. The van der Waals surface area contributed by atoms with Crippen LogP contribution < -0.4 is 10.9 Å². The topological polar surface area (TPSA) is 158 Å². The number of benzene rings is 1. The third-order valence-corrected chi connectivity index (χ3v) is 6.73. The third kappa shape index (κ3) is 9.70. The molecule has 0 bridgehead atoms. The van der Waals surface area contributed by atoms with Gasteiger partial charge in [-0.15, -0.1) is 10.2 Å². The predicted octanol–water partition coefficient (Wildman–Crippen LogP) is 5.61. The average Bonchev–Trinajstić information content (AvgIpc) is 3.45. The molecule has 0 saturated heterocycles. The van der Waals surface area contributed by atoms with Crippen molar-refractivity contribution in [2.24, 2.45) is 0 Å². The number of anilines is 1. The molecule has 14 heteroatoms. The summed E-state index contributed by atoms with van der Waals surface area (Å²) in [7, 11) is 5.55. The summed E-state index contributed by atoms with van der Waals surface area (Å²) in [6.45, 7) is 14.1. The van der Waals surface area contributed by atoms with Crippen LogP contribution in [-0.2, 0) is 22.6 Å². The highest BCUT2D eigenvalue weighted by Gasteiger charge is 2.24. The molecule has 0 atom stereocenters. The van der Waals surface area contributed by atoms with E-state index < -0.39 is 23.4 Å². The van der Waals surface area contributed by atoms with Gasteiger partial charge in [-0.25, -0.2) is 19.6 Å². The SMILES string of the molecule is Cc1cc(CN(C)C(=O)OC(C)(C)C)ccc1-c1nnc(-c2nc(-c3ccc(=O)n(CCN(C)C)c3)cnc2NC(=O)OC(C)(C)C)o1.